The van der Waals surface area contributed by atoms with E-state index < -0.39 is 0 Å². The van der Waals surface area contributed by atoms with Gasteiger partial charge in [-0.1, -0.05) is 0 Å². The Bertz CT molecular complexity index is 507. The molecule has 0 aliphatic carbocycles. The second-order valence-electron chi connectivity index (χ2n) is 5.88. The van der Waals surface area contributed by atoms with E-state index in [1.807, 2.05) is 13.8 Å². The molecule has 6 heteroatoms. The van der Waals surface area contributed by atoms with Gasteiger partial charge in [-0.05, 0) is 57.5 Å². The predicted molar refractivity (Wildman–Crippen MR) is 88.0 cm³/mol. The lowest BCUT2D eigenvalue weighted by atomic mass is 10.1. The highest BCUT2D eigenvalue weighted by Gasteiger charge is 2.17. The topological polar surface area (TPSA) is 82.3 Å². The summed E-state index contributed by atoms with van der Waals surface area (Å²) < 4.78 is 0. The first kappa shape index (κ1) is 16.3. The summed E-state index contributed by atoms with van der Waals surface area (Å²) in [4.78, 5) is 23.5. The Morgan fingerprint density at radius 1 is 1.18 bits per heavy atom. The zero-order valence-corrected chi connectivity index (χ0v) is 13.1. The van der Waals surface area contributed by atoms with Crippen LogP contribution in [0.4, 0.5) is 16.2 Å². The van der Waals surface area contributed by atoms with Crippen molar-refractivity contribution < 1.29 is 9.59 Å². The Kier molecular flexibility index (Phi) is 5.77. The van der Waals surface area contributed by atoms with E-state index in [4.69, 9.17) is 0 Å². The van der Waals surface area contributed by atoms with Crippen molar-refractivity contribution in [2.75, 3.05) is 17.2 Å². The highest BCUT2D eigenvalue weighted by molar-refractivity contribution is 5.92. The molecule has 1 atom stereocenters. The van der Waals surface area contributed by atoms with Gasteiger partial charge in [0.25, 0.3) is 0 Å². The number of anilines is 2. The van der Waals surface area contributed by atoms with E-state index in [1.54, 1.807) is 24.3 Å². The molecule has 1 saturated heterocycles. The van der Waals surface area contributed by atoms with Gasteiger partial charge in [-0.15, -0.1) is 0 Å². The summed E-state index contributed by atoms with van der Waals surface area (Å²) in [6.45, 7) is 4.80. The Labute approximate surface area is 131 Å². The van der Waals surface area contributed by atoms with E-state index in [9.17, 15) is 9.59 Å². The van der Waals surface area contributed by atoms with E-state index in [1.165, 1.54) is 0 Å². The molecule has 1 fully saturated rings. The molecule has 120 valence electrons. The molecule has 22 heavy (non-hydrogen) atoms. The fourth-order valence-corrected chi connectivity index (χ4v) is 2.43. The van der Waals surface area contributed by atoms with Crippen LogP contribution in [0.1, 0.15) is 33.1 Å². The molecule has 0 radical (unpaired) electrons. The lowest BCUT2D eigenvalue weighted by Crippen LogP contribution is -2.34. The highest BCUT2D eigenvalue weighted by Crippen LogP contribution is 2.15. The molecular formula is C16H24N4O2. The molecule has 1 aromatic rings. The maximum atomic E-state index is 11.9. The van der Waals surface area contributed by atoms with Crippen molar-refractivity contribution >= 4 is 23.3 Å². The van der Waals surface area contributed by atoms with Crippen LogP contribution in [0.5, 0.6) is 0 Å². The number of carbonyl (C=O) groups excluding carboxylic acids is 2. The van der Waals surface area contributed by atoms with Gasteiger partial charge >= 0.3 is 6.03 Å². The third-order valence-corrected chi connectivity index (χ3v) is 3.44. The zero-order valence-electron chi connectivity index (χ0n) is 13.1. The summed E-state index contributed by atoms with van der Waals surface area (Å²) in [6, 6.07) is 7.24. The standard InChI is InChI=1S/C16H24N4O2/c1-11(2)18-16(22)20-13-7-5-12(6-8-13)19-15(21)10-14-4-3-9-17-14/h5-8,11,14,17H,3-4,9-10H2,1-2H3,(H,19,21)(H2,18,20,22). The number of urea groups is 1. The van der Waals surface area contributed by atoms with Crippen molar-refractivity contribution in [1.29, 1.82) is 0 Å². The average molecular weight is 304 g/mol. The molecule has 1 aliphatic rings. The third kappa shape index (κ3) is 5.37. The number of benzene rings is 1. The maximum absolute atomic E-state index is 11.9. The molecule has 3 amide bonds. The number of carbonyl (C=O) groups is 2. The van der Waals surface area contributed by atoms with E-state index in [-0.39, 0.29) is 18.0 Å². The first-order chi connectivity index (χ1) is 10.5. The molecule has 0 spiro atoms. The van der Waals surface area contributed by atoms with Gasteiger partial charge in [0.05, 0.1) is 0 Å². The van der Waals surface area contributed by atoms with Crippen LogP contribution in [0.25, 0.3) is 0 Å². The van der Waals surface area contributed by atoms with Gasteiger partial charge < -0.3 is 21.3 Å². The Balaban J connectivity index is 1.80. The first-order valence-corrected chi connectivity index (χ1v) is 7.74. The van der Waals surface area contributed by atoms with Crippen LogP contribution in [0.3, 0.4) is 0 Å². The molecule has 1 aliphatic heterocycles. The molecule has 4 N–H and O–H groups in total. The summed E-state index contributed by atoms with van der Waals surface area (Å²) in [5.41, 5.74) is 1.42. The lowest BCUT2D eigenvalue weighted by molar-refractivity contribution is -0.116. The van der Waals surface area contributed by atoms with Crippen molar-refractivity contribution in [2.24, 2.45) is 0 Å². The minimum absolute atomic E-state index is 0.0117. The predicted octanol–water partition coefficient (Wildman–Crippen LogP) is 2.30. The van der Waals surface area contributed by atoms with Gasteiger partial charge in [-0.2, -0.15) is 0 Å². The van der Waals surface area contributed by atoms with Crippen molar-refractivity contribution in [3.63, 3.8) is 0 Å². The second-order valence-corrected chi connectivity index (χ2v) is 5.88. The van der Waals surface area contributed by atoms with Crippen LogP contribution in [0, 0.1) is 0 Å². The molecule has 1 unspecified atom stereocenters. The Morgan fingerprint density at radius 3 is 2.36 bits per heavy atom. The summed E-state index contributed by atoms with van der Waals surface area (Å²) in [5, 5.41) is 11.7. The van der Waals surface area contributed by atoms with E-state index >= 15 is 0 Å². The second kappa shape index (κ2) is 7.79. The summed E-state index contributed by atoms with van der Waals surface area (Å²) in [5.74, 6) is 0.0117. The van der Waals surface area contributed by atoms with Gasteiger partial charge in [0, 0.05) is 29.9 Å². The largest absolute Gasteiger partial charge is 0.336 e. The smallest absolute Gasteiger partial charge is 0.319 e. The summed E-state index contributed by atoms with van der Waals surface area (Å²) in [6.07, 6.45) is 2.69. The quantitative estimate of drug-likeness (QED) is 0.673. The highest BCUT2D eigenvalue weighted by atomic mass is 16.2. The monoisotopic (exact) mass is 304 g/mol. The van der Waals surface area contributed by atoms with Crippen LogP contribution in [0.15, 0.2) is 24.3 Å². The number of rotatable bonds is 5. The minimum Gasteiger partial charge on any atom is -0.336 e. The Morgan fingerprint density at radius 2 is 1.82 bits per heavy atom. The van der Waals surface area contributed by atoms with E-state index in [2.05, 4.69) is 21.3 Å². The number of amides is 3. The zero-order chi connectivity index (χ0) is 15.9. The molecular weight excluding hydrogens is 280 g/mol. The van der Waals surface area contributed by atoms with Crippen molar-refractivity contribution in [3.05, 3.63) is 24.3 Å². The maximum Gasteiger partial charge on any atom is 0.319 e. The van der Waals surface area contributed by atoms with Crippen molar-refractivity contribution in [2.45, 2.75) is 45.2 Å². The van der Waals surface area contributed by atoms with Crippen LogP contribution in [-0.2, 0) is 4.79 Å². The first-order valence-electron chi connectivity index (χ1n) is 7.74. The van der Waals surface area contributed by atoms with E-state index in [0.717, 1.165) is 25.1 Å². The number of nitrogens with one attached hydrogen (secondary N) is 4. The lowest BCUT2D eigenvalue weighted by Gasteiger charge is -2.12. The minimum atomic E-state index is -0.237. The molecule has 0 saturated carbocycles. The van der Waals surface area contributed by atoms with Gasteiger partial charge in [-0.25, -0.2) is 4.79 Å². The van der Waals surface area contributed by atoms with Crippen LogP contribution >= 0.6 is 0 Å². The van der Waals surface area contributed by atoms with Gasteiger partial charge in [-0.3, -0.25) is 4.79 Å². The van der Waals surface area contributed by atoms with Crippen molar-refractivity contribution in [3.8, 4) is 0 Å². The van der Waals surface area contributed by atoms with Gasteiger partial charge in [0.15, 0.2) is 0 Å². The fraction of sp³-hybridized carbons (Fsp3) is 0.500. The molecule has 2 rings (SSSR count). The third-order valence-electron chi connectivity index (χ3n) is 3.44. The van der Waals surface area contributed by atoms with E-state index in [0.29, 0.717) is 18.2 Å². The molecule has 1 aromatic carbocycles. The molecule has 0 bridgehead atoms. The number of hydrogen-bond donors (Lipinski definition) is 4. The normalized spacial score (nSPS) is 17.3. The SMILES string of the molecule is CC(C)NC(=O)Nc1ccc(NC(=O)CC2CCCN2)cc1. The van der Waals surface area contributed by atoms with Gasteiger partial charge in [0.1, 0.15) is 0 Å². The van der Waals surface area contributed by atoms with Crippen molar-refractivity contribution in [1.82, 2.24) is 10.6 Å². The van der Waals surface area contributed by atoms with Gasteiger partial charge in [0.2, 0.25) is 5.91 Å². The molecule has 6 nitrogen and oxygen atoms in total. The fourth-order valence-electron chi connectivity index (χ4n) is 2.43. The summed E-state index contributed by atoms with van der Waals surface area (Å²) >= 11 is 0. The summed E-state index contributed by atoms with van der Waals surface area (Å²) in [7, 11) is 0. The van der Waals surface area contributed by atoms with Crippen LogP contribution < -0.4 is 21.3 Å². The van der Waals surface area contributed by atoms with Crippen LogP contribution in [-0.4, -0.2) is 30.6 Å². The molecule has 1 heterocycles. The molecule has 0 aromatic heterocycles. The van der Waals surface area contributed by atoms with Crippen LogP contribution in [0.2, 0.25) is 0 Å². The average Bonchev–Trinajstić information content (AvgIpc) is 2.92. The Hall–Kier alpha value is -2.08. The number of hydrogen-bond acceptors (Lipinski definition) is 3.